The summed E-state index contributed by atoms with van der Waals surface area (Å²) in [7, 11) is -3.86. The van der Waals surface area contributed by atoms with Crippen molar-refractivity contribution in [3.63, 3.8) is 0 Å². The minimum atomic E-state index is -3.86. The molecule has 2 heterocycles. The van der Waals surface area contributed by atoms with Crippen LogP contribution in [0.1, 0.15) is 80.3 Å². The van der Waals surface area contributed by atoms with E-state index >= 15 is 0 Å². The molecule has 10 heteroatoms. The lowest BCUT2D eigenvalue weighted by Gasteiger charge is -2.33. The molecule has 1 aliphatic carbocycles. The molecule has 1 N–H and O–H groups in total. The van der Waals surface area contributed by atoms with Crippen LogP contribution in [0.25, 0.3) is 0 Å². The maximum atomic E-state index is 13.2. The van der Waals surface area contributed by atoms with Crippen LogP contribution in [0.4, 0.5) is 5.82 Å². The van der Waals surface area contributed by atoms with Gasteiger partial charge >= 0.3 is 0 Å². The zero-order valence-electron chi connectivity index (χ0n) is 21.9. The number of nitrogens with one attached hydrogen (secondary N) is 1. The second-order valence-corrected chi connectivity index (χ2v) is 13.0. The standard InChI is InChI=1S/C28H34N4O4S2/c1-3-8-24(33)23-18-21(19-29)25(30-27(23)37-17-4-2)32-15-11-20(12-16-32)26(34)31-38(35,36)28(13-14-28)22-9-6-5-7-10-22/h5-7,9-10,18,20H,3-4,8,11-17H2,1-2H3,(H,31,34). The van der Waals surface area contributed by atoms with Gasteiger partial charge < -0.3 is 4.90 Å². The van der Waals surface area contributed by atoms with Crippen LogP contribution in [-0.2, 0) is 19.6 Å². The van der Waals surface area contributed by atoms with Gasteiger partial charge in [0.15, 0.2) is 5.78 Å². The van der Waals surface area contributed by atoms with Gasteiger partial charge in [-0.1, -0.05) is 44.2 Å². The number of thioether (sulfide) groups is 1. The molecule has 0 atom stereocenters. The number of hydrogen-bond acceptors (Lipinski definition) is 8. The Morgan fingerprint density at radius 1 is 1.16 bits per heavy atom. The number of Topliss-reactive ketones (excluding diaryl/α,β-unsaturated/α-hetero) is 1. The zero-order valence-corrected chi connectivity index (χ0v) is 23.5. The number of benzene rings is 1. The molecule has 0 bridgehead atoms. The maximum absolute atomic E-state index is 13.2. The van der Waals surface area contributed by atoms with Crippen LogP contribution in [0.15, 0.2) is 41.4 Å². The summed E-state index contributed by atoms with van der Waals surface area (Å²) in [5, 5.41) is 10.5. The average molecular weight is 555 g/mol. The third-order valence-corrected chi connectivity index (χ3v) is 10.6. The van der Waals surface area contributed by atoms with Crippen molar-refractivity contribution in [3.05, 3.63) is 53.1 Å². The summed E-state index contributed by atoms with van der Waals surface area (Å²) in [5.41, 5.74) is 1.55. The topological polar surface area (TPSA) is 120 Å². The van der Waals surface area contributed by atoms with Crippen molar-refractivity contribution in [2.24, 2.45) is 5.92 Å². The number of rotatable bonds is 11. The third-order valence-electron chi connectivity index (χ3n) is 7.23. The number of anilines is 1. The lowest BCUT2D eigenvalue weighted by Crippen LogP contribution is -2.45. The minimum Gasteiger partial charge on any atom is -0.355 e. The number of carbonyl (C=O) groups excluding carboxylic acids is 2. The molecule has 1 aromatic heterocycles. The first kappa shape index (κ1) is 28.1. The van der Waals surface area contributed by atoms with Gasteiger partial charge in [-0.25, -0.2) is 13.4 Å². The van der Waals surface area contributed by atoms with E-state index in [2.05, 4.69) is 17.7 Å². The fraction of sp³-hybridized carbons (Fsp3) is 0.500. The molecule has 0 spiro atoms. The van der Waals surface area contributed by atoms with Gasteiger partial charge in [-0.15, -0.1) is 11.8 Å². The first-order valence-corrected chi connectivity index (χ1v) is 15.7. The van der Waals surface area contributed by atoms with Gasteiger partial charge in [-0.2, -0.15) is 5.26 Å². The Morgan fingerprint density at radius 2 is 1.84 bits per heavy atom. The van der Waals surface area contributed by atoms with E-state index in [1.54, 1.807) is 18.2 Å². The number of ketones is 1. The molecular formula is C28H34N4O4S2. The van der Waals surface area contributed by atoms with E-state index in [-0.39, 0.29) is 5.78 Å². The van der Waals surface area contributed by atoms with E-state index in [1.165, 1.54) is 11.8 Å². The highest BCUT2D eigenvalue weighted by molar-refractivity contribution is 7.99. The van der Waals surface area contributed by atoms with Crippen LogP contribution >= 0.6 is 11.8 Å². The Bertz CT molecular complexity index is 1330. The normalized spacial score (nSPS) is 17.0. The molecule has 2 fully saturated rings. The Labute approximate surface area is 229 Å². The first-order chi connectivity index (χ1) is 18.3. The summed E-state index contributed by atoms with van der Waals surface area (Å²) in [5.74, 6) is 0.401. The van der Waals surface area contributed by atoms with E-state index in [0.29, 0.717) is 72.7 Å². The number of hydrogen-bond donors (Lipinski definition) is 1. The van der Waals surface area contributed by atoms with Crippen molar-refractivity contribution in [3.8, 4) is 6.07 Å². The number of aromatic nitrogens is 1. The number of carbonyl (C=O) groups is 2. The van der Waals surface area contributed by atoms with E-state index in [9.17, 15) is 23.3 Å². The van der Waals surface area contributed by atoms with Crippen molar-refractivity contribution in [2.45, 2.75) is 68.6 Å². The number of pyridine rings is 1. The maximum Gasteiger partial charge on any atom is 0.244 e. The van der Waals surface area contributed by atoms with Crippen LogP contribution in [0, 0.1) is 17.2 Å². The lowest BCUT2D eigenvalue weighted by molar-refractivity contribution is -0.123. The van der Waals surface area contributed by atoms with Crippen molar-refractivity contribution >= 4 is 39.3 Å². The fourth-order valence-corrected chi connectivity index (χ4v) is 7.51. The Hall–Kier alpha value is -2.90. The second-order valence-electron chi connectivity index (χ2n) is 9.94. The van der Waals surface area contributed by atoms with Crippen LogP contribution < -0.4 is 9.62 Å². The van der Waals surface area contributed by atoms with Gasteiger partial charge in [-0.3, -0.25) is 14.3 Å². The summed E-state index contributed by atoms with van der Waals surface area (Å²) in [4.78, 5) is 32.5. The number of piperidine rings is 1. The van der Waals surface area contributed by atoms with Crippen molar-refractivity contribution in [1.82, 2.24) is 9.71 Å². The zero-order chi connectivity index (χ0) is 27.3. The van der Waals surface area contributed by atoms with Crippen LogP contribution in [0.5, 0.6) is 0 Å². The minimum absolute atomic E-state index is 0.0119. The van der Waals surface area contributed by atoms with Crippen LogP contribution in [0.2, 0.25) is 0 Å². The molecular weight excluding hydrogens is 520 g/mol. The largest absolute Gasteiger partial charge is 0.355 e. The lowest BCUT2D eigenvalue weighted by atomic mass is 9.96. The number of nitrogens with zero attached hydrogens (tertiary/aromatic N) is 3. The highest BCUT2D eigenvalue weighted by atomic mass is 32.2. The van der Waals surface area contributed by atoms with Gasteiger partial charge in [0, 0.05) is 25.4 Å². The summed E-state index contributed by atoms with van der Waals surface area (Å²) in [6, 6.07) is 12.9. The molecule has 0 radical (unpaired) electrons. The number of nitriles is 1. The highest BCUT2D eigenvalue weighted by Crippen LogP contribution is 2.52. The van der Waals surface area contributed by atoms with Gasteiger partial charge in [0.1, 0.15) is 21.7 Å². The molecule has 202 valence electrons. The molecule has 38 heavy (non-hydrogen) atoms. The molecule has 0 unspecified atom stereocenters. The second kappa shape index (κ2) is 11.9. The molecule has 4 rings (SSSR count). The van der Waals surface area contributed by atoms with Crippen LogP contribution in [-0.4, -0.2) is 43.9 Å². The van der Waals surface area contributed by atoms with Gasteiger partial charge in [0.25, 0.3) is 0 Å². The number of amides is 1. The highest BCUT2D eigenvalue weighted by Gasteiger charge is 2.56. The predicted molar refractivity (Wildman–Crippen MR) is 149 cm³/mol. The van der Waals surface area contributed by atoms with Gasteiger partial charge in [-0.05, 0) is 55.9 Å². The van der Waals surface area contributed by atoms with Crippen molar-refractivity contribution in [1.29, 1.82) is 5.26 Å². The smallest absolute Gasteiger partial charge is 0.244 e. The summed E-state index contributed by atoms with van der Waals surface area (Å²) in [6.45, 7) is 4.93. The van der Waals surface area contributed by atoms with E-state index in [1.807, 2.05) is 30.0 Å². The summed E-state index contributed by atoms with van der Waals surface area (Å²) < 4.78 is 27.7. The quantitative estimate of drug-likeness (QED) is 0.311. The average Bonchev–Trinajstić information content (AvgIpc) is 3.75. The molecule has 2 aromatic rings. The first-order valence-electron chi connectivity index (χ1n) is 13.2. The Kier molecular flexibility index (Phi) is 8.78. The predicted octanol–water partition coefficient (Wildman–Crippen LogP) is 4.79. The monoisotopic (exact) mass is 554 g/mol. The van der Waals surface area contributed by atoms with E-state index in [0.717, 1.165) is 18.6 Å². The molecule has 1 saturated carbocycles. The molecule has 1 aromatic carbocycles. The Morgan fingerprint density at radius 3 is 2.42 bits per heavy atom. The summed E-state index contributed by atoms with van der Waals surface area (Å²) >= 11 is 1.52. The third kappa shape index (κ3) is 5.74. The molecule has 8 nitrogen and oxygen atoms in total. The van der Waals surface area contributed by atoms with Crippen LogP contribution in [0.3, 0.4) is 0 Å². The fourth-order valence-electron chi connectivity index (χ4n) is 4.92. The SMILES string of the molecule is CCCSc1nc(N2CCC(C(=O)NS(=O)(=O)C3(c4ccccc4)CC3)CC2)c(C#N)cc1C(=O)CCC. The summed E-state index contributed by atoms with van der Waals surface area (Å²) in [6.07, 6.45) is 3.93. The number of sulfonamides is 1. The molecule has 2 aliphatic rings. The van der Waals surface area contributed by atoms with Gasteiger partial charge in [0.05, 0.1) is 11.1 Å². The molecule has 1 aliphatic heterocycles. The van der Waals surface area contributed by atoms with Crippen molar-refractivity contribution in [2.75, 3.05) is 23.7 Å². The molecule has 1 saturated heterocycles. The van der Waals surface area contributed by atoms with E-state index in [4.69, 9.17) is 4.98 Å². The van der Waals surface area contributed by atoms with Crippen molar-refractivity contribution < 1.29 is 18.0 Å². The van der Waals surface area contributed by atoms with E-state index < -0.39 is 26.6 Å². The Balaban J connectivity index is 1.46. The van der Waals surface area contributed by atoms with Gasteiger partial charge in [0.2, 0.25) is 15.9 Å². The molecule has 1 amide bonds.